The molecule has 0 radical (unpaired) electrons. The third-order valence-electron chi connectivity index (χ3n) is 5.75. The predicted octanol–water partition coefficient (Wildman–Crippen LogP) is 2.34. The Kier molecular flexibility index (Phi) is 3.91. The summed E-state index contributed by atoms with van der Waals surface area (Å²) in [6, 6.07) is 6.33. The quantitative estimate of drug-likeness (QED) is 0.914. The van der Waals surface area contributed by atoms with Gasteiger partial charge in [-0.2, -0.15) is 0 Å². The molecule has 1 amide bonds. The number of carbonyl (C=O) groups excluding carboxylic acids is 1. The van der Waals surface area contributed by atoms with E-state index in [0.29, 0.717) is 12.6 Å². The highest BCUT2D eigenvalue weighted by molar-refractivity contribution is 5.84. The summed E-state index contributed by atoms with van der Waals surface area (Å²) < 4.78 is 0. The van der Waals surface area contributed by atoms with E-state index >= 15 is 0 Å². The van der Waals surface area contributed by atoms with E-state index in [1.165, 1.54) is 5.56 Å². The lowest BCUT2D eigenvalue weighted by molar-refractivity contribution is -0.143. The fraction of sp³-hybridized carbons (Fsp3) is 0.500. The monoisotopic (exact) mass is 339 g/mol. The van der Waals surface area contributed by atoms with Crippen molar-refractivity contribution >= 4 is 16.8 Å². The first-order chi connectivity index (χ1) is 11.9. The molecule has 0 unspecified atom stereocenters. The molecule has 1 aromatic carbocycles. The molecule has 5 nitrogen and oxygen atoms in total. The topological polar surface area (TPSA) is 56.4 Å². The van der Waals surface area contributed by atoms with Crippen molar-refractivity contribution in [3.63, 3.8) is 0 Å². The number of pyridine rings is 1. The maximum absolute atomic E-state index is 12.6. The summed E-state index contributed by atoms with van der Waals surface area (Å²) in [5, 5.41) is 1.06. The van der Waals surface area contributed by atoms with Gasteiger partial charge in [0.05, 0.1) is 11.6 Å². The van der Waals surface area contributed by atoms with E-state index in [4.69, 9.17) is 0 Å². The number of hydrogen-bond acceptors (Lipinski definition) is 3. The van der Waals surface area contributed by atoms with Gasteiger partial charge in [0.25, 0.3) is 5.56 Å². The van der Waals surface area contributed by atoms with Gasteiger partial charge in [-0.1, -0.05) is 11.6 Å². The van der Waals surface area contributed by atoms with Gasteiger partial charge in [0.1, 0.15) is 0 Å². The Morgan fingerprint density at radius 2 is 2.00 bits per heavy atom. The van der Waals surface area contributed by atoms with Gasteiger partial charge in [-0.05, 0) is 56.7 Å². The fourth-order valence-electron chi connectivity index (χ4n) is 4.41. The highest BCUT2D eigenvalue weighted by atomic mass is 16.2. The number of hydrogen-bond donors (Lipinski definition) is 1. The van der Waals surface area contributed by atoms with E-state index in [2.05, 4.69) is 28.9 Å². The normalized spacial score (nSPS) is 24.1. The molecule has 0 spiro atoms. The number of carbonyl (C=O) groups is 1. The molecule has 2 aromatic rings. The van der Waals surface area contributed by atoms with Crippen LogP contribution < -0.4 is 5.56 Å². The highest BCUT2D eigenvalue weighted by Gasteiger charge is 2.40. The van der Waals surface area contributed by atoms with E-state index in [1.54, 1.807) is 0 Å². The smallest absolute Gasteiger partial charge is 0.252 e. The first-order valence-corrected chi connectivity index (χ1v) is 9.12. The molecule has 2 aliphatic rings. The van der Waals surface area contributed by atoms with Crippen LogP contribution in [0.1, 0.15) is 36.5 Å². The second-order valence-electron chi connectivity index (χ2n) is 7.60. The van der Waals surface area contributed by atoms with Crippen molar-refractivity contribution in [1.82, 2.24) is 14.8 Å². The zero-order chi connectivity index (χ0) is 17.7. The summed E-state index contributed by atoms with van der Waals surface area (Å²) in [7, 11) is 0. The highest BCUT2D eigenvalue weighted by Crippen LogP contribution is 2.27. The van der Waals surface area contributed by atoms with Crippen LogP contribution in [-0.4, -0.2) is 45.9 Å². The number of nitrogens with one attached hydrogen (secondary N) is 1. The first-order valence-electron chi connectivity index (χ1n) is 9.12. The van der Waals surface area contributed by atoms with Crippen LogP contribution in [0.3, 0.4) is 0 Å². The Bertz CT molecular complexity index is 902. The average Bonchev–Trinajstić information content (AvgIpc) is 3.02. The van der Waals surface area contributed by atoms with Crippen LogP contribution in [-0.2, 0) is 11.3 Å². The average molecular weight is 339 g/mol. The summed E-state index contributed by atoms with van der Waals surface area (Å²) in [4.78, 5) is 32.4. The van der Waals surface area contributed by atoms with Crippen LogP contribution in [0.2, 0.25) is 0 Å². The van der Waals surface area contributed by atoms with Gasteiger partial charge in [0.15, 0.2) is 0 Å². The Morgan fingerprint density at radius 3 is 2.80 bits per heavy atom. The second kappa shape index (κ2) is 5.99. The molecule has 0 saturated carbocycles. The molecule has 2 saturated heterocycles. The zero-order valence-corrected chi connectivity index (χ0v) is 15.1. The van der Waals surface area contributed by atoms with Crippen molar-refractivity contribution in [2.24, 2.45) is 0 Å². The molecule has 3 heterocycles. The number of aromatic nitrogens is 1. The number of rotatable bonds is 2. The third-order valence-corrected chi connectivity index (χ3v) is 5.75. The SMILES string of the molecule is Cc1cc(C)c2[nH]c(=O)c(CN3C[C@H]4CCCN4C(=O)[C@H]3C)cc2c1. The summed E-state index contributed by atoms with van der Waals surface area (Å²) in [5.41, 5.74) is 3.87. The molecular formula is C20H25N3O2. The number of H-pyrrole nitrogens is 1. The number of benzene rings is 1. The van der Waals surface area contributed by atoms with Gasteiger partial charge in [0.2, 0.25) is 5.91 Å². The maximum atomic E-state index is 12.6. The second-order valence-corrected chi connectivity index (χ2v) is 7.60. The first kappa shape index (κ1) is 16.3. The minimum absolute atomic E-state index is 0.0482. The van der Waals surface area contributed by atoms with Gasteiger partial charge in [-0.3, -0.25) is 14.5 Å². The number of piperazine rings is 1. The molecule has 132 valence electrons. The predicted molar refractivity (Wildman–Crippen MR) is 98.6 cm³/mol. The van der Waals surface area contributed by atoms with Gasteiger partial charge in [-0.25, -0.2) is 0 Å². The minimum Gasteiger partial charge on any atom is -0.337 e. The fourth-order valence-corrected chi connectivity index (χ4v) is 4.41. The third kappa shape index (κ3) is 2.76. The number of aryl methyl sites for hydroxylation is 2. The van der Waals surface area contributed by atoms with Crippen LogP contribution in [0.25, 0.3) is 10.9 Å². The van der Waals surface area contributed by atoms with Crippen LogP contribution in [0.5, 0.6) is 0 Å². The van der Waals surface area contributed by atoms with Crippen molar-refractivity contribution in [2.75, 3.05) is 13.1 Å². The van der Waals surface area contributed by atoms with E-state index in [1.807, 2.05) is 24.8 Å². The van der Waals surface area contributed by atoms with Crippen LogP contribution in [0, 0.1) is 13.8 Å². The van der Waals surface area contributed by atoms with Gasteiger partial charge >= 0.3 is 0 Å². The van der Waals surface area contributed by atoms with Crippen molar-refractivity contribution < 1.29 is 4.79 Å². The largest absolute Gasteiger partial charge is 0.337 e. The van der Waals surface area contributed by atoms with Gasteiger partial charge in [-0.15, -0.1) is 0 Å². The number of fused-ring (bicyclic) bond motifs is 2. The molecule has 25 heavy (non-hydrogen) atoms. The lowest BCUT2D eigenvalue weighted by atomic mass is 10.0. The Labute approximate surface area is 147 Å². The summed E-state index contributed by atoms with van der Waals surface area (Å²) >= 11 is 0. The van der Waals surface area contributed by atoms with Crippen LogP contribution >= 0.6 is 0 Å². The van der Waals surface area contributed by atoms with E-state index in [9.17, 15) is 9.59 Å². The molecule has 2 fully saturated rings. The molecule has 5 heteroatoms. The van der Waals surface area contributed by atoms with Crippen LogP contribution in [0.4, 0.5) is 0 Å². The van der Waals surface area contributed by atoms with Crippen molar-refractivity contribution in [1.29, 1.82) is 0 Å². The van der Waals surface area contributed by atoms with E-state index in [0.717, 1.165) is 48.0 Å². The molecule has 1 aromatic heterocycles. The van der Waals surface area contributed by atoms with Crippen LogP contribution in [0.15, 0.2) is 23.0 Å². The molecule has 4 rings (SSSR count). The molecule has 0 aliphatic carbocycles. The Balaban J connectivity index is 1.67. The lowest BCUT2D eigenvalue weighted by Crippen LogP contribution is -2.58. The van der Waals surface area contributed by atoms with E-state index in [-0.39, 0.29) is 17.5 Å². The lowest BCUT2D eigenvalue weighted by Gasteiger charge is -2.41. The minimum atomic E-state index is -0.163. The Morgan fingerprint density at radius 1 is 1.20 bits per heavy atom. The number of aromatic amines is 1. The number of nitrogens with zero attached hydrogens (tertiary/aromatic N) is 2. The van der Waals surface area contributed by atoms with Gasteiger partial charge in [0, 0.05) is 31.2 Å². The molecule has 2 aliphatic heterocycles. The summed E-state index contributed by atoms with van der Waals surface area (Å²) in [5.74, 6) is 0.206. The Hall–Kier alpha value is -2.14. The molecule has 1 N–H and O–H groups in total. The van der Waals surface area contributed by atoms with E-state index < -0.39 is 0 Å². The van der Waals surface area contributed by atoms with Crippen molar-refractivity contribution in [3.05, 3.63) is 45.2 Å². The van der Waals surface area contributed by atoms with Crippen molar-refractivity contribution in [2.45, 2.75) is 52.2 Å². The molecule has 2 atom stereocenters. The number of amides is 1. The van der Waals surface area contributed by atoms with Gasteiger partial charge < -0.3 is 9.88 Å². The van der Waals surface area contributed by atoms with Crippen molar-refractivity contribution in [3.8, 4) is 0 Å². The molecule has 0 bridgehead atoms. The summed E-state index contributed by atoms with van der Waals surface area (Å²) in [6.07, 6.45) is 2.16. The maximum Gasteiger partial charge on any atom is 0.252 e. The summed E-state index contributed by atoms with van der Waals surface area (Å²) in [6.45, 7) is 8.31. The standard InChI is InChI=1S/C20H25N3O2/c1-12-7-13(2)18-15(8-12)9-16(19(24)21-18)10-22-11-17-5-4-6-23(17)20(25)14(22)3/h7-9,14,17H,4-6,10-11H2,1-3H3,(H,21,24)/t14-,17-/m1/s1. The zero-order valence-electron chi connectivity index (χ0n) is 15.1. The molecular weight excluding hydrogens is 314 g/mol.